The van der Waals surface area contributed by atoms with Crippen molar-refractivity contribution >= 4 is 27.6 Å². The van der Waals surface area contributed by atoms with Gasteiger partial charge in [-0.2, -0.15) is 0 Å². The van der Waals surface area contributed by atoms with Crippen molar-refractivity contribution in [2.75, 3.05) is 12.3 Å². The number of furan rings is 1. The predicted molar refractivity (Wildman–Crippen MR) is 67.9 cm³/mol. The van der Waals surface area contributed by atoms with Crippen LogP contribution in [0.15, 0.2) is 40.8 Å². The summed E-state index contributed by atoms with van der Waals surface area (Å²) in [5.41, 5.74) is 0.445. The second-order valence-electron chi connectivity index (χ2n) is 3.90. The van der Waals surface area contributed by atoms with Gasteiger partial charge in [0, 0.05) is 11.5 Å². The van der Waals surface area contributed by atoms with Gasteiger partial charge in [-0.3, -0.25) is 10.4 Å². The zero-order chi connectivity index (χ0) is 12.7. The molecular formula is C13H10NO4-. The first kappa shape index (κ1) is 10.9. The van der Waals surface area contributed by atoms with E-state index < -0.39 is 0 Å². The summed E-state index contributed by atoms with van der Waals surface area (Å²) >= 11 is 0. The van der Waals surface area contributed by atoms with Gasteiger partial charge >= 0.3 is 0 Å². The maximum atomic E-state index is 10.9. The van der Waals surface area contributed by atoms with E-state index >= 15 is 0 Å². The van der Waals surface area contributed by atoms with Crippen molar-refractivity contribution < 1.29 is 14.4 Å². The molecule has 1 N–H and O–H groups in total. The molecule has 0 unspecified atom stereocenters. The standard InChI is InChI=1S/C13H10NO4/c1-17-11-6-8-4-2-3-5-9(8)10-7-12(14(15)16)18-13(10)11/h2-7,15H,1H3/q-1. The highest BCUT2D eigenvalue weighted by Gasteiger charge is 2.13. The molecule has 0 aliphatic carbocycles. The highest BCUT2D eigenvalue weighted by Crippen LogP contribution is 2.37. The van der Waals surface area contributed by atoms with Crippen molar-refractivity contribution in [3.63, 3.8) is 0 Å². The number of nitrogens with zero attached hydrogens (tertiary/aromatic N) is 1. The first-order valence-electron chi connectivity index (χ1n) is 5.36. The summed E-state index contributed by atoms with van der Waals surface area (Å²) in [6, 6.07) is 11.0. The number of ether oxygens (including phenoxy) is 1. The van der Waals surface area contributed by atoms with Crippen LogP contribution in [0.25, 0.3) is 21.7 Å². The smallest absolute Gasteiger partial charge is 0.210 e. The number of rotatable bonds is 2. The topological polar surface area (TPSA) is 68.9 Å². The van der Waals surface area contributed by atoms with Crippen molar-refractivity contribution in [1.29, 1.82) is 0 Å². The largest absolute Gasteiger partial charge is 0.731 e. The van der Waals surface area contributed by atoms with Crippen LogP contribution in [0.4, 0.5) is 5.88 Å². The van der Waals surface area contributed by atoms with Crippen LogP contribution < -0.4 is 9.96 Å². The molecule has 0 aliphatic rings. The summed E-state index contributed by atoms with van der Waals surface area (Å²) in [6.07, 6.45) is 0. The highest BCUT2D eigenvalue weighted by molar-refractivity contribution is 6.09. The molecule has 0 radical (unpaired) electrons. The summed E-state index contributed by atoms with van der Waals surface area (Å²) in [7, 11) is 1.53. The van der Waals surface area contributed by atoms with Gasteiger partial charge in [0.05, 0.1) is 7.11 Å². The van der Waals surface area contributed by atoms with E-state index in [1.807, 2.05) is 30.3 Å². The summed E-state index contributed by atoms with van der Waals surface area (Å²) in [6.45, 7) is 0. The molecule has 0 spiro atoms. The second-order valence-corrected chi connectivity index (χ2v) is 3.90. The van der Waals surface area contributed by atoms with E-state index in [-0.39, 0.29) is 11.1 Å². The lowest BCUT2D eigenvalue weighted by molar-refractivity contribution is 0.275. The Labute approximate surface area is 102 Å². The van der Waals surface area contributed by atoms with Crippen LogP contribution in [0, 0.1) is 5.21 Å². The van der Waals surface area contributed by atoms with Crippen molar-refractivity contribution in [2.45, 2.75) is 0 Å². The Kier molecular flexibility index (Phi) is 2.36. The third-order valence-electron chi connectivity index (χ3n) is 2.89. The van der Waals surface area contributed by atoms with Gasteiger partial charge < -0.3 is 14.4 Å². The van der Waals surface area contributed by atoms with Gasteiger partial charge in [0.2, 0.25) is 5.88 Å². The van der Waals surface area contributed by atoms with Crippen LogP contribution in [0.5, 0.6) is 5.75 Å². The van der Waals surface area contributed by atoms with Gasteiger partial charge in [-0.15, -0.1) is 0 Å². The predicted octanol–water partition coefficient (Wildman–Crippen LogP) is 3.29. The van der Waals surface area contributed by atoms with E-state index in [1.54, 1.807) is 0 Å². The summed E-state index contributed by atoms with van der Waals surface area (Å²) in [5, 5.41) is 22.1. The number of benzene rings is 2. The zero-order valence-electron chi connectivity index (χ0n) is 9.58. The fraction of sp³-hybridized carbons (Fsp3) is 0.0769. The van der Waals surface area contributed by atoms with E-state index in [1.165, 1.54) is 13.2 Å². The normalized spacial score (nSPS) is 11.1. The number of fused-ring (bicyclic) bond motifs is 3. The zero-order valence-corrected chi connectivity index (χ0v) is 9.58. The van der Waals surface area contributed by atoms with Crippen LogP contribution >= 0.6 is 0 Å². The molecule has 0 saturated heterocycles. The maximum Gasteiger partial charge on any atom is 0.210 e. The van der Waals surface area contributed by atoms with Crippen LogP contribution in [-0.4, -0.2) is 12.3 Å². The minimum absolute atomic E-state index is 0.167. The fourth-order valence-corrected chi connectivity index (χ4v) is 2.08. The molecule has 92 valence electrons. The van der Waals surface area contributed by atoms with Gasteiger partial charge in [0.15, 0.2) is 11.3 Å². The Morgan fingerprint density at radius 3 is 2.72 bits per heavy atom. The van der Waals surface area contributed by atoms with Gasteiger partial charge in [-0.25, -0.2) is 0 Å². The van der Waals surface area contributed by atoms with E-state index in [9.17, 15) is 5.21 Å². The molecule has 0 aliphatic heterocycles. The van der Waals surface area contributed by atoms with E-state index in [0.717, 1.165) is 16.2 Å². The SMILES string of the molecule is COc1cc2ccccc2c2cc(N([O-])O)oc12. The Balaban J connectivity index is 2.45. The van der Waals surface area contributed by atoms with Crippen molar-refractivity contribution in [1.82, 2.24) is 0 Å². The van der Waals surface area contributed by atoms with E-state index in [2.05, 4.69) is 0 Å². The molecular weight excluding hydrogens is 234 g/mol. The Morgan fingerprint density at radius 2 is 2.00 bits per heavy atom. The van der Waals surface area contributed by atoms with Gasteiger partial charge in [0.1, 0.15) is 0 Å². The third kappa shape index (κ3) is 1.49. The number of anilines is 1. The maximum absolute atomic E-state index is 10.9. The monoisotopic (exact) mass is 244 g/mol. The summed E-state index contributed by atoms with van der Waals surface area (Å²) < 4.78 is 10.5. The molecule has 5 nitrogen and oxygen atoms in total. The molecule has 2 aromatic carbocycles. The van der Waals surface area contributed by atoms with Crippen LogP contribution in [0.2, 0.25) is 0 Å². The molecule has 5 heteroatoms. The minimum atomic E-state index is -0.297. The highest BCUT2D eigenvalue weighted by atomic mass is 16.8. The van der Waals surface area contributed by atoms with E-state index in [4.69, 9.17) is 14.4 Å². The molecule has 0 amide bonds. The van der Waals surface area contributed by atoms with Gasteiger partial charge in [0.25, 0.3) is 0 Å². The van der Waals surface area contributed by atoms with Crippen LogP contribution in [0.1, 0.15) is 0 Å². The number of hydrogen-bond donors (Lipinski definition) is 1. The quantitative estimate of drug-likeness (QED) is 0.700. The van der Waals surface area contributed by atoms with Crippen molar-refractivity contribution in [3.05, 3.63) is 41.6 Å². The number of methoxy groups -OCH3 is 1. The molecule has 3 rings (SSSR count). The van der Waals surface area contributed by atoms with Crippen LogP contribution in [-0.2, 0) is 0 Å². The molecule has 0 bridgehead atoms. The van der Waals surface area contributed by atoms with E-state index in [0.29, 0.717) is 11.3 Å². The Morgan fingerprint density at radius 1 is 1.22 bits per heavy atom. The molecule has 0 saturated carbocycles. The average molecular weight is 244 g/mol. The molecule has 18 heavy (non-hydrogen) atoms. The second kappa shape index (κ2) is 3.90. The lowest BCUT2D eigenvalue weighted by Gasteiger charge is -2.16. The lowest BCUT2D eigenvalue weighted by Crippen LogP contribution is -2.04. The molecule has 1 heterocycles. The number of hydrogen-bond acceptors (Lipinski definition) is 5. The van der Waals surface area contributed by atoms with Gasteiger partial charge in [-0.1, -0.05) is 24.3 Å². The van der Waals surface area contributed by atoms with Crippen molar-refractivity contribution in [3.8, 4) is 5.75 Å². The summed E-state index contributed by atoms with van der Waals surface area (Å²) in [4.78, 5) is 0. The van der Waals surface area contributed by atoms with Crippen LogP contribution in [0.3, 0.4) is 0 Å². The Hall–Kier alpha value is -2.24. The lowest BCUT2D eigenvalue weighted by atomic mass is 10.1. The molecule has 0 atom stereocenters. The van der Waals surface area contributed by atoms with Gasteiger partial charge in [-0.05, 0) is 16.8 Å². The molecule has 1 aromatic heterocycles. The summed E-state index contributed by atoms with van der Waals surface area (Å²) in [5.74, 6) is 0.358. The first-order chi connectivity index (χ1) is 8.70. The minimum Gasteiger partial charge on any atom is -0.731 e. The Bertz CT molecular complexity index is 717. The molecule has 3 aromatic rings. The first-order valence-corrected chi connectivity index (χ1v) is 5.36. The molecule has 0 fully saturated rings. The average Bonchev–Trinajstić information content (AvgIpc) is 2.83. The fourth-order valence-electron chi connectivity index (χ4n) is 2.08. The van der Waals surface area contributed by atoms with Crippen molar-refractivity contribution in [2.24, 2.45) is 0 Å². The third-order valence-corrected chi connectivity index (χ3v) is 2.89.